The summed E-state index contributed by atoms with van der Waals surface area (Å²) in [5.74, 6) is 0.313. The Morgan fingerprint density at radius 1 is 1.25 bits per heavy atom. The molecule has 0 amide bonds. The van der Waals surface area contributed by atoms with Crippen molar-refractivity contribution in [2.24, 2.45) is 10.9 Å². The first-order valence-corrected chi connectivity index (χ1v) is 6.06. The van der Waals surface area contributed by atoms with Gasteiger partial charge >= 0.3 is 0 Å². The quantitative estimate of drug-likeness (QED) is 0.165. The van der Waals surface area contributed by atoms with Gasteiger partial charge in [0, 0.05) is 19.6 Å². The second-order valence-corrected chi connectivity index (χ2v) is 3.76. The summed E-state index contributed by atoms with van der Waals surface area (Å²) in [4.78, 5) is 0. The van der Waals surface area contributed by atoms with Gasteiger partial charge in [0.25, 0.3) is 0 Å². The minimum absolute atomic E-state index is 0.313. The summed E-state index contributed by atoms with van der Waals surface area (Å²) >= 11 is 0. The molecule has 0 aliphatic carbocycles. The van der Waals surface area contributed by atoms with Crippen molar-refractivity contribution in [3.63, 3.8) is 0 Å². The fraction of sp³-hybridized carbons (Fsp3) is 0.909. The maximum absolute atomic E-state index is 8.31. The highest BCUT2D eigenvalue weighted by molar-refractivity contribution is 5.79. The summed E-state index contributed by atoms with van der Waals surface area (Å²) in [5.41, 5.74) is 5.34. The van der Waals surface area contributed by atoms with E-state index in [4.69, 9.17) is 15.7 Å². The van der Waals surface area contributed by atoms with Crippen LogP contribution < -0.4 is 11.1 Å². The zero-order valence-electron chi connectivity index (χ0n) is 10.2. The predicted molar refractivity (Wildman–Crippen MR) is 65.9 cm³/mol. The molecule has 0 bridgehead atoms. The Bertz CT molecular complexity index is 175. The summed E-state index contributed by atoms with van der Waals surface area (Å²) in [5, 5.41) is 14.6. The fourth-order valence-electron chi connectivity index (χ4n) is 1.28. The molecule has 0 fully saturated rings. The first kappa shape index (κ1) is 15.2. The number of rotatable bonds is 11. The van der Waals surface area contributed by atoms with Gasteiger partial charge in [0.05, 0.1) is 0 Å². The predicted octanol–water partition coefficient (Wildman–Crippen LogP) is 1.31. The second kappa shape index (κ2) is 12.3. The van der Waals surface area contributed by atoms with E-state index in [1.807, 2.05) is 0 Å². The molecule has 0 aliphatic rings. The van der Waals surface area contributed by atoms with Gasteiger partial charge in [-0.2, -0.15) is 0 Å². The average Bonchev–Trinajstić information content (AvgIpc) is 2.31. The van der Waals surface area contributed by atoms with Crippen molar-refractivity contribution < 1.29 is 9.94 Å². The maximum atomic E-state index is 8.31. The molecule has 5 nitrogen and oxygen atoms in total. The van der Waals surface area contributed by atoms with Crippen LogP contribution >= 0.6 is 0 Å². The van der Waals surface area contributed by atoms with Gasteiger partial charge in [-0.15, -0.1) is 0 Å². The van der Waals surface area contributed by atoms with Crippen LogP contribution in [-0.2, 0) is 4.74 Å². The average molecular weight is 231 g/mol. The Kier molecular flexibility index (Phi) is 11.6. The number of nitrogens with two attached hydrogens (primary N) is 1. The van der Waals surface area contributed by atoms with Crippen LogP contribution in [-0.4, -0.2) is 37.3 Å². The molecule has 0 radical (unpaired) electrons. The van der Waals surface area contributed by atoms with Gasteiger partial charge in [-0.3, -0.25) is 0 Å². The number of unbranched alkanes of at least 4 members (excludes halogenated alkanes) is 1. The van der Waals surface area contributed by atoms with Crippen LogP contribution in [0, 0.1) is 0 Å². The van der Waals surface area contributed by atoms with Crippen LogP contribution in [0.25, 0.3) is 0 Å². The molecule has 5 heteroatoms. The van der Waals surface area contributed by atoms with Crippen molar-refractivity contribution in [1.29, 1.82) is 0 Å². The van der Waals surface area contributed by atoms with Crippen LogP contribution in [0.1, 0.15) is 39.0 Å². The third-order valence-electron chi connectivity index (χ3n) is 2.16. The maximum Gasteiger partial charge on any atom is 0.139 e. The van der Waals surface area contributed by atoms with Crippen LogP contribution in [0.3, 0.4) is 0 Å². The molecule has 0 atom stereocenters. The van der Waals surface area contributed by atoms with Gasteiger partial charge in [-0.25, -0.2) is 0 Å². The lowest BCUT2D eigenvalue weighted by molar-refractivity contribution is 0.132. The largest absolute Gasteiger partial charge is 0.409 e. The smallest absolute Gasteiger partial charge is 0.139 e. The highest BCUT2D eigenvalue weighted by Gasteiger charge is 1.93. The first-order valence-electron chi connectivity index (χ1n) is 6.06. The molecule has 0 rings (SSSR count). The van der Waals surface area contributed by atoms with E-state index in [0.717, 1.165) is 52.0 Å². The molecule has 0 aliphatic heterocycles. The van der Waals surface area contributed by atoms with E-state index in [1.165, 1.54) is 0 Å². The molecule has 0 aromatic carbocycles. The minimum Gasteiger partial charge on any atom is -0.409 e. The van der Waals surface area contributed by atoms with Crippen molar-refractivity contribution in [3.8, 4) is 0 Å². The lowest BCUT2D eigenvalue weighted by Gasteiger charge is -2.05. The second-order valence-electron chi connectivity index (χ2n) is 3.76. The molecule has 0 unspecified atom stereocenters. The summed E-state index contributed by atoms with van der Waals surface area (Å²) in [6, 6.07) is 0. The third kappa shape index (κ3) is 11.3. The molecule has 0 aromatic heterocycles. The van der Waals surface area contributed by atoms with E-state index in [9.17, 15) is 0 Å². The number of hydrogen-bond acceptors (Lipinski definition) is 4. The van der Waals surface area contributed by atoms with Crippen molar-refractivity contribution in [2.75, 3.05) is 26.3 Å². The normalized spacial score (nSPS) is 11.9. The van der Waals surface area contributed by atoms with E-state index in [1.54, 1.807) is 0 Å². The molecule has 0 spiro atoms. The summed E-state index contributed by atoms with van der Waals surface area (Å²) in [6.07, 6.45) is 4.81. The number of nitrogens with one attached hydrogen (secondary N) is 1. The first-order chi connectivity index (χ1) is 7.81. The van der Waals surface area contributed by atoms with Crippen LogP contribution in [0.5, 0.6) is 0 Å². The lowest BCUT2D eigenvalue weighted by Crippen LogP contribution is -2.19. The van der Waals surface area contributed by atoms with Crippen molar-refractivity contribution in [1.82, 2.24) is 5.32 Å². The van der Waals surface area contributed by atoms with Crippen molar-refractivity contribution >= 4 is 5.84 Å². The molecular weight excluding hydrogens is 206 g/mol. The van der Waals surface area contributed by atoms with Gasteiger partial charge in [-0.1, -0.05) is 12.1 Å². The SMILES string of the molecule is CCCOCCCNCCCCC(N)=NO. The summed E-state index contributed by atoms with van der Waals surface area (Å²) in [6.45, 7) is 5.78. The zero-order chi connectivity index (χ0) is 12.1. The molecule has 16 heavy (non-hydrogen) atoms. The molecule has 0 saturated heterocycles. The molecule has 4 N–H and O–H groups in total. The summed E-state index contributed by atoms with van der Waals surface area (Å²) < 4.78 is 5.36. The molecular formula is C11H25N3O2. The Balaban J connectivity index is 2.99. The number of oxime groups is 1. The lowest BCUT2D eigenvalue weighted by atomic mass is 10.2. The third-order valence-corrected chi connectivity index (χ3v) is 2.16. The standard InChI is InChI=1S/C11H25N3O2/c1-2-9-16-10-5-8-13-7-4-3-6-11(12)14-15/h13,15H,2-10H2,1H3,(H2,12,14). The Labute approximate surface area is 98.0 Å². The monoisotopic (exact) mass is 231 g/mol. The van der Waals surface area contributed by atoms with Gasteiger partial charge in [0.2, 0.25) is 0 Å². The number of nitrogens with zero attached hydrogens (tertiary/aromatic N) is 1. The fourth-order valence-corrected chi connectivity index (χ4v) is 1.28. The topological polar surface area (TPSA) is 79.9 Å². The number of amidine groups is 1. The van der Waals surface area contributed by atoms with Crippen LogP contribution in [0.15, 0.2) is 5.16 Å². The van der Waals surface area contributed by atoms with E-state index < -0.39 is 0 Å². The van der Waals surface area contributed by atoms with E-state index in [0.29, 0.717) is 12.3 Å². The highest BCUT2D eigenvalue weighted by atomic mass is 16.5. The van der Waals surface area contributed by atoms with Gasteiger partial charge < -0.3 is 21.0 Å². The van der Waals surface area contributed by atoms with Crippen LogP contribution in [0.2, 0.25) is 0 Å². The van der Waals surface area contributed by atoms with E-state index in [-0.39, 0.29) is 0 Å². The number of ether oxygens (including phenoxy) is 1. The molecule has 0 saturated carbocycles. The van der Waals surface area contributed by atoms with E-state index in [2.05, 4.69) is 17.4 Å². The highest BCUT2D eigenvalue weighted by Crippen LogP contribution is 1.93. The van der Waals surface area contributed by atoms with Crippen molar-refractivity contribution in [2.45, 2.75) is 39.0 Å². The molecule has 96 valence electrons. The minimum atomic E-state index is 0.313. The molecule has 0 heterocycles. The Morgan fingerprint density at radius 3 is 2.69 bits per heavy atom. The van der Waals surface area contributed by atoms with Gasteiger partial charge in [0.1, 0.15) is 5.84 Å². The van der Waals surface area contributed by atoms with Crippen molar-refractivity contribution in [3.05, 3.63) is 0 Å². The zero-order valence-corrected chi connectivity index (χ0v) is 10.2. The summed E-state index contributed by atoms with van der Waals surface area (Å²) in [7, 11) is 0. The Hall–Kier alpha value is -0.810. The molecule has 0 aromatic rings. The van der Waals surface area contributed by atoms with Crippen LogP contribution in [0.4, 0.5) is 0 Å². The van der Waals surface area contributed by atoms with E-state index >= 15 is 0 Å². The van der Waals surface area contributed by atoms with Gasteiger partial charge in [0.15, 0.2) is 0 Å². The Morgan fingerprint density at radius 2 is 2.00 bits per heavy atom. The van der Waals surface area contributed by atoms with Gasteiger partial charge in [-0.05, 0) is 38.8 Å². The number of hydrogen-bond donors (Lipinski definition) is 3.